The molecule has 2 aliphatic rings. The summed E-state index contributed by atoms with van der Waals surface area (Å²) in [5.41, 5.74) is 5.66. The SMILES string of the molecule is C[C@H](OC(=O)[C@@H]1CCCN1)[C@H](O)[C@H]1CNc2nc(N)[nH]c(=O)c2C1. The molecule has 0 saturated carbocycles. The molecule has 6 N–H and O–H groups in total. The molecule has 4 atom stereocenters. The highest BCUT2D eigenvalue weighted by Crippen LogP contribution is 2.24. The summed E-state index contributed by atoms with van der Waals surface area (Å²) in [6.45, 7) is 2.89. The van der Waals surface area contributed by atoms with E-state index in [4.69, 9.17) is 10.5 Å². The molecule has 24 heavy (non-hydrogen) atoms. The molecule has 3 heterocycles. The van der Waals surface area contributed by atoms with E-state index in [9.17, 15) is 14.7 Å². The predicted octanol–water partition coefficient (Wildman–Crippen LogP) is -1.02. The van der Waals surface area contributed by atoms with Crippen LogP contribution in [0.4, 0.5) is 11.8 Å². The molecule has 0 aromatic carbocycles. The minimum Gasteiger partial charge on any atom is -0.459 e. The molecule has 1 fully saturated rings. The molecular weight excluding hydrogens is 314 g/mol. The highest BCUT2D eigenvalue weighted by Gasteiger charge is 2.34. The van der Waals surface area contributed by atoms with E-state index in [-0.39, 0.29) is 29.4 Å². The van der Waals surface area contributed by atoms with Crippen molar-refractivity contribution in [2.45, 2.75) is 44.4 Å². The van der Waals surface area contributed by atoms with Crippen LogP contribution in [0.1, 0.15) is 25.3 Å². The summed E-state index contributed by atoms with van der Waals surface area (Å²) in [7, 11) is 0. The maximum atomic E-state index is 12.0. The summed E-state index contributed by atoms with van der Waals surface area (Å²) in [4.78, 5) is 30.5. The molecule has 0 unspecified atom stereocenters. The quantitative estimate of drug-likeness (QED) is 0.440. The number of rotatable bonds is 4. The van der Waals surface area contributed by atoms with Crippen molar-refractivity contribution in [2.24, 2.45) is 5.92 Å². The van der Waals surface area contributed by atoms with Crippen molar-refractivity contribution in [1.82, 2.24) is 15.3 Å². The van der Waals surface area contributed by atoms with Crippen molar-refractivity contribution in [3.05, 3.63) is 15.9 Å². The Morgan fingerprint density at radius 1 is 1.50 bits per heavy atom. The highest BCUT2D eigenvalue weighted by atomic mass is 16.6. The number of aliphatic hydroxyl groups is 1. The van der Waals surface area contributed by atoms with Gasteiger partial charge in [-0.3, -0.25) is 14.6 Å². The summed E-state index contributed by atoms with van der Waals surface area (Å²) < 4.78 is 5.39. The van der Waals surface area contributed by atoms with E-state index < -0.39 is 12.2 Å². The number of nitrogens with zero attached hydrogens (tertiary/aromatic N) is 1. The van der Waals surface area contributed by atoms with E-state index in [1.165, 1.54) is 0 Å². The number of fused-ring (bicyclic) bond motifs is 1. The Morgan fingerprint density at radius 2 is 2.29 bits per heavy atom. The fourth-order valence-corrected chi connectivity index (χ4v) is 3.26. The standard InChI is InChI=1S/C15H23N5O4/c1-7(24-14(23)10-3-2-4-17-10)11(21)8-5-9-12(18-6-8)19-15(16)20-13(9)22/h7-8,10-11,17,21H,2-6H2,1H3,(H4,16,18,19,20,22)/t7-,8+,10-,11-/m0/s1. The Labute approximate surface area is 139 Å². The lowest BCUT2D eigenvalue weighted by Crippen LogP contribution is -2.44. The minimum absolute atomic E-state index is 0.0524. The smallest absolute Gasteiger partial charge is 0.323 e. The first-order valence-electron chi connectivity index (χ1n) is 8.20. The van der Waals surface area contributed by atoms with Gasteiger partial charge in [0, 0.05) is 12.5 Å². The maximum absolute atomic E-state index is 12.0. The number of H-pyrrole nitrogens is 1. The second-order valence-electron chi connectivity index (χ2n) is 6.40. The van der Waals surface area contributed by atoms with Crippen molar-refractivity contribution in [3.8, 4) is 0 Å². The van der Waals surface area contributed by atoms with E-state index in [0.29, 0.717) is 24.3 Å². The van der Waals surface area contributed by atoms with Crippen LogP contribution in [0.3, 0.4) is 0 Å². The Kier molecular flexibility index (Phi) is 4.72. The minimum atomic E-state index is -0.882. The van der Waals surface area contributed by atoms with Crippen LogP contribution in [0.5, 0.6) is 0 Å². The van der Waals surface area contributed by atoms with Gasteiger partial charge in [-0.15, -0.1) is 0 Å². The number of aromatic nitrogens is 2. The Bertz CT molecular complexity index is 670. The normalized spacial score (nSPS) is 25.4. The molecule has 1 aromatic heterocycles. The number of carbonyl (C=O) groups excluding carboxylic acids is 1. The second-order valence-corrected chi connectivity index (χ2v) is 6.40. The first-order valence-corrected chi connectivity index (χ1v) is 8.20. The van der Waals surface area contributed by atoms with E-state index in [1.54, 1.807) is 6.92 Å². The number of aliphatic hydroxyl groups excluding tert-OH is 1. The Balaban J connectivity index is 1.63. The molecule has 0 spiro atoms. The maximum Gasteiger partial charge on any atom is 0.323 e. The Morgan fingerprint density at radius 3 is 3.00 bits per heavy atom. The number of aromatic amines is 1. The third-order valence-electron chi connectivity index (χ3n) is 4.64. The monoisotopic (exact) mass is 337 g/mol. The van der Waals surface area contributed by atoms with Crippen LogP contribution in [-0.2, 0) is 16.0 Å². The van der Waals surface area contributed by atoms with Gasteiger partial charge in [-0.05, 0) is 32.7 Å². The lowest BCUT2D eigenvalue weighted by molar-refractivity contribution is -0.157. The fourth-order valence-electron chi connectivity index (χ4n) is 3.26. The average Bonchev–Trinajstić information content (AvgIpc) is 3.08. The molecule has 2 aliphatic heterocycles. The van der Waals surface area contributed by atoms with E-state index in [0.717, 1.165) is 19.4 Å². The van der Waals surface area contributed by atoms with E-state index in [1.807, 2.05) is 0 Å². The first kappa shape index (κ1) is 16.7. The van der Waals surface area contributed by atoms with Gasteiger partial charge in [0.15, 0.2) is 0 Å². The third kappa shape index (κ3) is 3.36. The van der Waals surface area contributed by atoms with Crippen molar-refractivity contribution in [1.29, 1.82) is 0 Å². The fraction of sp³-hybridized carbons (Fsp3) is 0.667. The molecule has 1 aromatic rings. The van der Waals surface area contributed by atoms with Crippen LogP contribution in [-0.4, -0.2) is 52.4 Å². The van der Waals surface area contributed by atoms with Crippen LogP contribution in [0.15, 0.2) is 4.79 Å². The summed E-state index contributed by atoms with van der Waals surface area (Å²) >= 11 is 0. The van der Waals surface area contributed by atoms with Gasteiger partial charge in [0.25, 0.3) is 5.56 Å². The highest BCUT2D eigenvalue weighted by molar-refractivity contribution is 5.76. The van der Waals surface area contributed by atoms with Gasteiger partial charge in [0.1, 0.15) is 18.0 Å². The predicted molar refractivity (Wildman–Crippen MR) is 87.5 cm³/mol. The summed E-state index contributed by atoms with van der Waals surface area (Å²) in [6.07, 6.45) is 0.499. The number of nitrogens with two attached hydrogens (primary N) is 1. The van der Waals surface area contributed by atoms with Crippen LogP contribution < -0.4 is 21.9 Å². The largest absolute Gasteiger partial charge is 0.459 e. The Hall–Kier alpha value is -2.13. The third-order valence-corrected chi connectivity index (χ3v) is 4.64. The summed E-state index contributed by atoms with van der Waals surface area (Å²) in [5, 5.41) is 16.6. The van der Waals surface area contributed by atoms with Crippen LogP contribution in [0, 0.1) is 5.92 Å². The zero-order chi connectivity index (χ0) is 17.3. The van der Waals surface area contributed by atoms with Crippen LogP contribution >= 0.6 is 0 Å². The lowest BCUT2D eigenvalue weighted by Gasteiger charge is -2.31. The van der Waals surface area contributed by atoms with Crippen LogP contribution in [0.2, 0.25) is 0 Å². The number of nitrogens with one attached hydrogen (secondary N) is 3. The number of hydrogen-bond acceptors (Lipinski definition) is 8. The summed E-state index contributed by atoms with van der Waals surface area (Å²) in [6, 6.07) is -0.292. The number of carbonyl (C=O) groups is 1. The van der Waals surface area contributed by atoms with Crippen molar-refractivity contribution < 1.29 is 14.6 Å². The van der Waals surface area contributed by atoms with Gasteiger partial charge >= 0.3 is 5.97 Å². The molecule has 9 heteroatoms. The van der Waals surface area contributed by atoms with Gasteiger partial charge in [-0.2, -0.15) is 4.98 Å². The molecule has 1 saturated heterocycles. The molecule has 0 aliphatic carbocycles. The molecule has 0 bridgehead atoms. The van der Waals surface area contributed by atoms with Gasteiger partial charge < -0.3 is 26.2 Å². The molecule has 9 nitrogen and oxygen atoms in total. The van der Waals surface area contributed by atoms with E-state index in [2.05, 4.69) is 20.6 Å². The molecule has 0 amide bonds. The number of ether oxygens (including phenoxy) is 1. The second kappa shape index (κ2) is 6.78. The lowest BCUT2D eigenvalue weighted by atomic mass is 9.89. The zero-order valence-corrected chi connectivity index (χ0v) is 13.5. The molecule has 132 valence electrons. The first-order chi connectivity index (χ1) is 11.5. The van der Waals surface area contributed by atoms with E-state index >= 15 is 0 Å². The van der Waals surface area contributed by atoms with Gasteiger partial charge in [-0.25, -0.2) is 0 Å². The topological polar surface area (TPSA) is 142 Å². The molecule has 0 radical (unpaired) electrons. The van der Waals surface area contributed by atoms with Crippen molar-refractivity contribution in [3.63, 3.8) is 0 Å². The van der Waals surface area contributed by atoms with Crippen LogP contribution in [0.25, 0.3) is 0 Å². The number of nitrogen functional groups attached to an aromatic ring is 1. The van der Waals surface area contributed by atoms with Gasteiger partial charge in [0.05, 0.1) is 11.7 Å². The zero-order valence-electron chi connectivity index (χ0n) is 13.5. The molecular formula is C15H23N5O4. The van der Waals surface area contributed by atoms with Crippen molar-refractivity contribution in [2.75, 3.05) is 24.1 Å². The number of anilines is 2. The molecule has 3 rings (SSSR count). The van der Waals surface area contributed by atoms with Gasteiger partial charge in [-0.1, -0.05) is 0 Å². The van der Waals surface area contributed by atoms with Crippen molar-refractivity contribution >= 4 is 17.7 Å². The number of esters is 1. The van der Waals surface area contributed by atoms with Gasteiger partial charge in [0.2, 0.25) is 5.95 Å². The average molecular weight is 337 g/mol. The number of hydrogen-bond donors (Lipinski definition) is 5. The summed E-state index contributed by atoms with van der Waals surface area (Å²) in [5.74, 6) is -0.102.